The second-order valence-corrected chi connectivity index (χ2v) is 7.81. The zero-order valence-corrected chi connectivity index (χ0v) is 15.9. The van der Waals surface area contributed by atoms with Crippen LogP contribution in [0.15, 0.2) is 53.0 Å². The number of amides is 1. The van der Waals surface area contributed by atoms with Crippen molar-refractivity contribution in [3.05, 3.63) is 68.5 Å². The van der Waals surface area contributed by atoms with Gasteiger partial charge in [-0.1, -0.05) is 45.8 Å². The third-order valence-electron chi connectivity index (χ3n) is 3.58. The van der Waals surface area contributed by atoms with Crippen LogP contribution in [0, 0.1) is 13.8 Å². The molecule has 1 N–H and O–H groups in total. The number of anilines is 1. The molecule has 122 valence electrons. The summed E-state index contributed by atoms with van der Waals surface area (Å²) in [6, 6.07) is 15.8. The number of rotatable bonds is 4. The summed E-state index contributed by atoms with van der Waals surface area (Å²) in [6.45, 7) is 4.03. The van der Waals surface area contributed by atoms with Crippen LogP contribution in [0.25, 0.3) is 11.3 Å². The fourth-order valence-corrected chi connectivity index (χ4v) is 3.63. The van der Waals surface area contributed by atoms with E-state index in [1.807, 2.05) is 31.2 Å². The highest BCUT2D eigenvalue weighted by atomic mass is 79.9. The predicted molar refractivity (Wildman–Crippen MR) is 103 cm³/mol. The van der Waals surface area contributed by atoms with Crippen LogP contribution < -0.4 is 5.32 Å². The van der Waals surface area contributed by atoms with Gasteiger partial charge in [-0.3, -0.25) is 4.79 Å². The first-order chi connectivity index (χ1) is 11.5. The Hall–Kier alpha value is -1.98. The lowest BCUT2D eigenvalue weighted by Gasteiger charge is -2.06. The second-order valence-electron chi connectivity index (χ2n) is 5.60. The zero-order chi connectivity index (χ0) is 17.1. The van der Waals surface area contributed by atoms with Crippen molar-refractivity contribution in [3.63, 3.8) is 0 Å². The smallest absolute Gasteiger partial charge is 0.229 e. The molecule has 1 heterocycles. The fourth-order valence-electron chi connectivity index (χ4n) is 2.41. The molecule has 0 unspecified atom stereocenters. The maximum atomic E-state index is 12.4. The molecule has 0 atom stereocenters. The van der Waals surface area contributed by atoms with Crippen molar-refractivity contribution in [1.29, 1.82) is 0 Å². The van der Waals surface area contributed by atoms with Crippen molar-refractivity contribution in [1.82, 2.24) is 4.98 Å². The van der Waals surface area contributed by atoms with Gasteiger partial charge in [-0.25, -0.2) is 4.98 Å². The summed E-state index contributed by atoms with van der Waals surface area (Å²) in [6.07, 6.45) is 0.324. The Kier molecular flexibility index (Phi) is 5.11. The Bertz CT molecular complexity index is 854. The number of aromatic nitrogens is 1. The van der Waals surface area contributed by atoms with Gasteiger partial charge >= 0.3 is 0 Å². The van der Waals surface area contributed by atoms with E-state index in [0.29, 0.717) is 6.42 Å². The zero-order valence-electron chi connectivity index (χ0n) is 13.5. The normalized spacial score (nSPS) is 10.6. The average Bonchev–Trinajstić information content (AvgIpc) is 2.90. The number of aryl methyl sites for hydroxylation is 2. The Labute approximate surface area is 153 Å². The van der Waals surface area contributed by atoms with Crippen LogP contribution in [0.1, 0.15) is 15.4 Å². The molecule has 0 aliphatic heterocycles. The maximum absolute atomic E-state index is 12.4. The van der Waals surface area contributed by atoms with E-state index in [1.165, 1.54) is 5.56 Å². The van der Waals surface area contributed by atoms with Crippen LogP contribution in [-0.4, -0.2) is 10.9 Å². The van der Waals surface area contributed by atoms with E-state index in [4.69, 9.17) is 0 Å². The molecule has 3 aromatic rings. The number of halogens is 1. The Morgan fingerprint density at radius 2 is 1.75 bits per heavy atom. The molecule has 0 saturated heterocycles. The van der Waals surface area contributed by atoms with E-state index in [0.717, 1.165) is 31.3 Å². The van der Waals surface area contributed by atoms with Gasteiger partial charge < -0.3 is 5.32 Å². The molecule has 0 fully saturated rings. The van der Waals surface area contributed by atoms with E-state index >= 15 is 0 Å². The number of carbonyl (C=O) groups is 1. The summed E-state index contributed by atoms with van der Waals surface area (Å²) in [5, 5.41) is 3.90. The lowest BCUT2D eigenvalue weighted by atomic mass is 10.1. The number of nitrogens with one attached hydrogen (secondary N) is 1. The molecular weight excluding hydrogens is 384 g/mol. The fraction of sp³-hybridized carbons (Fsp3) is 0.158. The molecule has 24 heavy (non-hydrogen) atoms. The van der Waals surface area contributed by atoms with E-state index in [2.05, 4.69) is 57.4 Å². The van der Waals surface area contributed by atoms with Crippen LogP contribution in [-0.2, 0) is 11.2 Å². The third kappa shape index (κ3) is 4.10. The highest BCUT2D eigenvalue weighted by Gasteiger charge is 2.15. The van der Waals surface area contributed by atoms with Crippen LogP contribution in [0.4, 0.5) is 5.69 Å². The first-order valence-corrected chi connectivity index (χ1v) is 9.21. The van der Waals surface area contributed by atoms with Crippen molar-refractivity contribution < 1.29 is 4.79 Å². The summed E-state index contributed by atoms with van der Waals surface area (Å²) in [4.78, 5) is 18.0. The Morgan fingerprint density at radius 3 is 2.42 bits per heavy atom. The molecule has 1 aromatic heterocycles. The topological polar surface area (TPSA) is 42.0 Å². The van der Waals surface area contributed by atoms with E-state index in [-0.39, 0.29) is 5.91 Å². The van der Waals surface area contributed by atoms with Gasteiger partial charge in [0.15, 0.2) is 0 Å². The summed E-state index contributed by atoms with van der Waals surface area (Å²) in [5.41, 5.74) is 3.96. The van der Waals surface area contributed by atoms with Crippen molar-refractivity contribution in [2.24, 2.45) is 0 Å². The van der Waals surface area contributed by atoms with Crippen molar-refractivity contribution in [2.75, 3.05) is 5.32 Å². The predicted octanol–water partition coefficient (Wildman–Crippen LogP) is 5.37. The van der Waals surface area contributed by atoms with Gasteiger partial charge in [0.25, 0.3) is 0 Å². The minimum atomic E-state index is -0.0330. The third-order valence-corrected chi connectivity index (χ3v) is 5.08. The SMILES string of the molecule is Cc1ccc(-c2nc(C)sc2CC(=O)Nc2ccc(Br)cc2)cc1. The average molecular weight is 401 g/mol. The summed E-state index contributed by atoms with van der Waals surface area (Å²) < 4.78 is 0.986. The number of nitrogens with zero attached hydrogens (tertiary/aromatic N) is 1. The summed E-state index contributed by atoms with van der Waals surface area (Å²) >= 11 is 4.96. The molecule has 1 amide bonds. The molecule has 0 radical (unpaired) electrons. The molecule has 2 aromatic carbocycles. The molecule has 5 heteroatoms. The molecule has 0 bridgehead atoms. The maximum Gasteiger partial charge on any atom is 0.229 e. The summed E-state index contributed by atoms with van der Waals surface area (Å²) in [7, 11) is 0. The number of hydrogen-bond acceptors (Lipinski definition) is 3. The van der Waals surface area contributed by atoms with E-state index in [1.54, 1.807) is 11.3 Å². The number of benzene rings is 2. The van der Waals surface area contributed by atoms with Gasteiger partial charge in [-0.2, -0.15) is 0 Å². The van der Waals surface area contributed by atoms with Crippen LogP contribution in [0.2, 0.25) is 0 Å². The Balaban J connectivity index is 1.78. The largest absolute Gasteiger partial charge is 0.326 e. The molecule has 3 nitrogen and oxygen atoms in total. The van der Waals surface area contributed by atoms with Gasteiger partial charge in [0.05, 0.1) is 17.1 Å². The highest BCUT2D eigenvalue weighted by Crippen LogP contribution is 2.29. The minimum absolute atomic E-state index is 0.0330. The molecule has 0 aliphatic carbocycles. The molecule has 0 spiro atoms. The van der Waals surface area contributed by atoms with E-state index in [9.17, 15) is 4.79 Å². The van der Waals surface area contributed by atoms with E-state index < -0.39 is 0 Å². The van der Waals surface area contributed by atoms with Gasteiger partial charge in [0.1, 0.15) is 0 Å². The monoisotopic (exact) mass is 400 g/mol. The molecular formula is C19H17BrN2OS. The quantitative estimate of drug-likeness (QED) is 0.639. The molecule has 0 saturated carbocycles. The lowest BCUT2D eigenvalue weighted by Crippen LogP contribution is -2.14. The Morgan fingerprint density at radius 1 is 1.08 bits per heavy atom. The summed E-state index contributed by atoms with van der Waals surface area (Å²) in [5.74, 6) is -0.0330. The van der Waals surface area contributed by atoms with Crippen LogP contribution in [0.5, 0.6) is 0 Å². The van der Waals surface area contributed by atoms with Gasteiger partial charge in [-0.15, -0.1) is 11.3 Å². The minimum Gasteiger partial charge on any atom is -0.326 e. The van der Waals surface area contributed by atoms with Crippen LogP contribution >= 0.6 is 27.3 Å². The molecule has 0 aliphatic rings. The first kappa shape index (κ1) is 16.9. The lowest BCUT2D eigenvalue weighted by molar-refractivity contribution is -0.115. The van der Waals surface area contributed by atoms with Gasteiger partial charge in [-0.05, 0) is 38.1 Å². The highest BCUT2D eigenvalue weighted by molar-refractivity contribution is 9.10. The standard InChI is InChI=1S/C19H17BrN2OS/c1-12-3-5-14(6-4-12)19-17(24-13(2)21-19)11-18(23)22-16-9-7-15(20)8-10-16/h3-10H,11H2,1-2H3,(H,22,23). The number of hydrogen-bond donors (Lipinski definition) is 1. The number of thiazole rings is 1. The number of carbonyl (C=O) groups excluding carboxylic acids is 1. The van der Waals surface area contributed by atoms with Gasteiger partial charge in [0, 0.05) is 20.6 Å². The van der Waals surface area contributed by atoms with Crippen molar-refractivity contribution in [2.45, 2.75) is 20.3 Å². The van der Waals surface area contributed by atoms with Crippen molar-refractivity contribution >= 4 is 38.9 Å². The second kappa shape index (κ2) is 7.28. The van der Waals surface area contributed by atoms with Gasteiger partial charge in [0.2, 0.25) is 5.91 Å². The van der Waals surface area contributed by atoms with Crippen LogP contribution in [0.3, 0.4) is 0 Å². The van der Waals surface area contributed by atoms with Crippen molar-refractivity contribution in [3.8, 4) is 11.3 Å². The molecule has 3 rings (SSSR count). The first-order valence-electron chi connectivity index (χ1n) is 7.60.